The molecule has 3 nitrogen and oxygen atoms in total. The molecular weight excluding hydrogens is 322 g/mol. The van der Waals surface area contributed by atoms with Gasteiger partial charge in [0.05, 0.1) is 6.42 Å². The average molecular weight is 347 g/mol. The van der Waals surface area contributed by atoms with E-state index in [4.69, 9.17) is 0 Å². The summed E-state index contributed by atoms with van der Waals surface area (Å²) >= 11 is 0. The summed E-state index contributed by atoms with van der Waals surface area (Å²) in [6, 6.07) is 4.43. The normalized spacial score (nSPS) is 15.6. The first-order valence-electron chi connectivity index (χ1n) is 8.10. The summed E-state index contributed by atoms with van der Waals surface area (Å²) in [4.78, 5) is 11.8. The van der Waals surface area contributed by atoms with Crippen LogP contribution in [0.25, 0.3) is 0 Å². The van der Waals surface area contributed by atoms with Gasteiger partial charge in [0.2, 0.25) is 5.91 Å². The van der Waals surface area contributed by atoms with Gasteiger partial charge in [-0.25, -0.2) is 8.78 Å². The summed E-state index contributed by atoms with van der Waals surface area (Å²) in [6.07, 6.45) is 7.42. The van der Waals surface area contributed by atoms with Crippen molar-refractivity contribution in [3.05, 3.63) is 35.4 Å². The van der Waals surface area contributed by atoms with Crippen molar-refractivity contribution >= 4 is 18.3 Å². The van der Waals surface area contributed by atoms with Crippen molar-refractivity contribution in [2.75, 3.05) is 13.1 Å². The average Bonchev–Trinajstić information content (AvgIpc) is 2.77. The van der Waals surface area contributed by atoms with Crippen molar-refractivity contribution in [2.45, 2.75) is 51.0 Å². The first kappa shape index (κ1) is 19.8. The minimum absolute atomic E-state index is 0. The highest BCUT2D eigenvalue weighted by molar-refractivity contribution is 5.85. The van der Waals surface area contributed by atoms with E-state index in [1.807, 2.05) is 0 Å². The van der Waals surface area contributed by atoms with Gasteiger partial charge in [0.25, 0.3) is 0 Å². The molecule has 6 heteroatoms. The highest BCUT2D eigenvalue weighted by Gasteiger charge is 2.13. The number of hydrogen-bond donors (Lipinski definition) is 2. The van der Waals surface area contributed by atoms with E-state index >= 15 is 0 Å². The Hall–Kier alpha value is -1.20. The molecule has 1 aliphatic rings. The molecule has 0 aromatic heterocycles. The number of hydrogen-bond acceptors (Lipinski definition) is 2. The second-order valence-electron chi connectivity index (χ2n) is 5.88. The van der Waals surface area contributed by atoms with Gasteiger partial charge in [0, 0.05) is 24.7 Å². The van der Waals surface area contributed by atoms with Crippen molar-refractivity contribution in [1.82, 2.24) is 10.6 Å². The van der Waals surface area contributed by atoms with Gasteiger partial charge in [0.1, 0.15) is 0 Å². The summed E-state index contributed by atoms with van der Waals surface area (Å²) in [5.41, 5.74) is 0.0919. The van der Waals surface area contributed by atoms with Gasteiger partial charge in [-0.05, 0) is 18.9 Å². The summed E-state index contributed by atoms with van der Waals surface area (Å²) in [5, 5.41) is 6.19. The molecule has 0 heterocycles. The number of rotatable bonds is 6. The first-order valence-corrected chi connectivity index (χ1v) is 8.10. The molecule has 2 rings (SSSR count). The molecule has 1 amide bonds. The zero-order chi connectivity index (χ0) is 15.8. The Morgan fingerprint density at radius 1 is 1.09 bits per heavy atom. The zero-order valence-corrected chi connectivity index (χ0v) is 14.1. The second-order valence-corrected chi connectivity index (χ2v) is 5.88. The van der Waals surface area contributed by atoms with Crippen molar-refractivity contribution in [1.29, 1.82) is 0 Å². The number of nitrogens with one attached hydrogen (secondary N) is 2. The van der Waals surface area contributed by atoms with Crippen LogP contribution >= 0.6 is 12.4 Å². The molecule has 1 aromatic carbocycles. The number of amides is 1. The molecule has 1 saturated carbocycles. The zero-order valence-electron chi connectivity index (χ0n) is 13.2. The third-order valence-corrected chi connectivity index (χ3v) is 4.12. The Morgan fingerprint density at radius 2 is 1.78 bits per heavy atom. The van der Waals surface area contributed by atoms with E-state index in [0.717, 1.165) is 6.07 Å². The Balaban J connectivity index is 0.00000264. The Bertz CT molecular complexity index is 491. The fourth-order valence-corrected chi connectivity index (χ4v) is 2.88. The predicted octanol–water partition coefficient (Wildman–Crippen LogP) is 3.36. The lowest BCUT2D eigenvalue weighted by Crippen LogP contribution is -2.37. The van der Waals surface area contributed by atoms with Crippen LogP contribution in [-0.4, -0.2) is 25.0 Å². The molecule has 0 atom stereocenters. The molecule has 0 spiro atoms. The molecule has 2 N–H and O–H groups in total. The van der Waals surface area contributed by atoms with E-state index in [-0.39, 0.29) is 30.3 Å². The fraction of sp³-hybridized carbons (Fsp3) is 0.588. The van der Waals surface area contributed by atoms with Crippen LogP contribution in [0.3, 0.4) is 0 Å². The highest BCUT2D eigenvalue weighted by atomic mass is 35.5. The van der Waals surface area contributed by atoms with Gasteiger partial charge in [-0.2, -0.15) is 0 Å². The maximum Gasteiger partial charge on any atom is 0.224 e. The summed E-state index contributed by atoms with van der Waals surface area (Å²) in [5.74, 6) is -2.14. The molecule has 23 heavy (non-hydrogen) atoms. The fourth-order valence-electron chi connectivity index (χ4n) is 2.88. The Morgan fingerprint density at radius 3 is 2.48 bits per heavy atom. The molecule has 0 unspecified atom stereocenters. The quantitative estimate of drug-likeness (QED) is 0.612. The van der Waals surface area contributed by atoms with Gasteiger partial charge in [-0.15, -0.1) is 12.4 Å². The summed E-state index contributed by atoms with van der Waals surface area (Å²) < 4.78 is 26.5. The van der Waals surface area contributed by atoms with Crippen LogP contribution in [0.15, 0.2) is 18.2 Å². The number of carbonyl (C=O) groups excluding carboxylic acids is 1. The van der Waals surface area contributed by atoms with Crippen LogP contribution in [-0.2, 0) is 11.2 Å². The Kier molecular flexibility index (Phi) is 9.10. The van der Waals surface area contributed by atoms with E-state index < -0.39 is 11.6 Å². The van der Waals surface area contributed by atoms with Crippen LogP contribution in [0.5, 0.6) is 0 Å². The number of halogens is 3. The van der Waals surface area contributed by atoms with Crippen LogP contribution in [0.2, 0.25) is 0 Å². The SMILES string of the molecule is Cl.O=C(Cc1cccc(F)c1F)NCCNC1CCCCCC1. The standard InChI is InChI=1S/C17H24F2N2O.ClH/c18-15-9-5-6-13(17(15)19)12-16(22)21-11-10-20-14-7-3-1-2-4-8-14;/h5-6,9,14,20H,1-4,7-8,10-12H2,(H,21,22);1H. The summed E-state index contributed by atoms with van der Waals surface area (Å²) in [7, 11) is 0. The third-order valence-electron chi connectivity index (χ3n) is 4.12. The van der Waals surface area contributed by atoms with E-state index in [1.54, 1.807) is 0 Å². The number of benzene rings is 1. The smallest absolute Gasteiger partial charge is 0.224 e. The van der Waals surface area contributed by atoms with Gasteiger partial charge in [-0.3, -0.25) is 4.79 Å². The van der Waals surface area contributed by atoms with Crippen molar-refractivity contribution in [2.24, 2.45) is 0 Å². The van der Waals surface area contributed by atoms with E-state index in [1.165, 1.54) is 50.7 Å². The maximum atomic E-state index is 13.5. The summed E-state index contributed by atoms with van der Waals surface area (Å²) in [6.45, 7) is 1.22. The topological polar surface area (TPSA) is 41.1 Å². The predicted molar refractivity (Wildman–Crippen MR) is 89.8 cm³/mol. The lowest BCUT2D eigenvalue weighted by Gasteiger charge is -2.16. The first-order chi connectivity index (χ1) is 10.7. The minimum atomic E-state index is -0.936. The monoisotopic (exact) mass is 346 g/mol. The van der Waals surface area contributed by atoms with Crippen LogP contribution < -0.4 is 10.6 Å². The molecule has 0 bridgehead atoms. The van der Waals surface area contributed by atoms with E-state index in [0.29, 0.717) is 19.1 Å². The largest absolute Gasteiger partial charge is 0.355 e. The van der Waals surface area contributed by atoms with Crippen LogP contribution in [0.1, 0.15) is 44.1 Å². The highest BCUT2D eigenvalue weighted by Crippen LogP contribution is 2.16. The lowest BCUT2D eigenvalue weighted by molar-refractivity contribution is -0.120. The van der Waals surface area contributed by atoms with Gasteiger partial charge < -0.3 is 10.6 Å². The van der Waals surface area contributed by atoms with E-state index in [9.17, 15) is 13.6 Å². The van der Waals surface area contributed by atoms with Crippen molar-refractivity contribution in [3.63, 3.8) is 0 Å². The van der Waals surface area contributed by atoms with Gasteiger partial charge >= 0.3 is 0 Å². The maximum absolute atomic E-state index is 13.5. The van der Waals surface area contributed by atoms with Crippen LogP contribution in [0, 0.1) is 11.6 Å². The van der Waals surface area contributed by atoms with E-state index in [2.05, 4.69) is 10.6 Å². The third kappa shape index (κ3) is 6.83. The molecule has 130 valence electrons. The second kappa shape index (κ2) is 10.6. The molecular formula is C17H25ClF2N2O. The van der Waals surface area contributed by atoms with Crippen LogP contribution in [0.4, 0.5) is 8.78 Å². The van der Waals surface area contributed by atoms with Crippen molar-refractivity contribution in [3.8, 4) is 0 Å². The lowest BCUT2D eigenvalue weighted by atomic mass is 10.1. The number of carbonyl (C=O) groups is 1. The molecule has 0 radical (unpaired) electrons. The van der Waals surface area contributed by atoms with Gasteiger partial charge in [-0.1, -0.05) is 37.8 Å². The van der Waals surface area contributed by atoms with Gasteiger partial charge in [0.15, 0.2) is 11.6 Å². The molecule has 1 aliphatic carbocycles. The molecule has 0 saturated heterocycles. The Labute approximate surface area is 142 Å². The molecule has 1 aromatic rings. The molecule has 0 aliphatic heterocycles. The van der Waals surface area contributed by atoms with Crippen molar-refractivity contribution < 1.29 is 13.6 Å². The minimum Gasteiger partial charge on any atom is -0.355 e. The molecule has 1 fully saturated rings.